The van der Waals surface area contributed by atoms with Crippen molar-refractivity contribution in [3.8, 4) is 0 Å². The number of rotatable bonds is 7. The van der Waals surface area contributed by atoms with Crippen LogP contribution < -0.4 is 0 Å². The summed E-state index contributed by atoms with van der Waals surface area (Å²) in [5, 5.41) is 0. The van der Waals surface area contributed by atoms with Crippen molar-refractivity contribution in [3.63, 3.8) is 0 Å². The van der Waals surface area contributed by atoms with Crippen LogP contribution in [0.4, 0.5) is 0 Å². The second kappa shape index (κ2) is 8.60. The molecular formula is C7H14Cl2O2. The molecule has 0 spiro atoms. The maximum Gasteiger partial charge on any atom is 0.0781 e. The molecule has 2 nitrogen and oxygen atoms in total. The van der Waals surface area contributed by atoms with E-state index in [0.29, 0.717) is 31.6 Å². The predicted octanol–water partition coefficient (Wildman–Crippen LogP) is 1.89. The summed E-state index contributed by atoms with van der Waals surface area (Å²) in [5.74, 6) is 1.06. The Morgan fingerprint density at radius 1 is 1.18 bits per heavy atom. The lowest BCUT2D eigenvalue weighted by molar-refractivity contribution is 0.00346. The first-order valence-corrected chi connectivity index (χ1v) is 4.69. The molecule has 0 aromatic heterocycles. The van der Waals surface area contributed by atoms with Gasteiger partial charge in [0, 0.05) is 11.8 Å². The summed E-state index contributed by atoms with van der Waals surface area (Å²) in [4.78, 5) is 0. The first kappa shape index (κ1) is 11.5. The van der Waals surface area contributed by atoms with E-state index >= 15 is 0 Å². The third-order valence-electron chi connectivity index (χ3n) is 1.05. The normalized spacial score (nSPS) is 13.4. The molecule has 0 saturated carbocycles. The van der Waals surface area contributed by atoms with Crippen LogP contribution in [0.15, 0.2) is 0 Å². The van der Waals surface area contributed by atoms with Crippen molar-refractivity contribution in [1.29, 1.82) is 0 Å². The molecule has 0 rings (SSSR count). The molecule has 0 fully saturated rings. The SMILES string of the molecule is CC(COCCCl)OCCCl. The third kappa shape index (κ3) is 8.41. The number of hydrogen-bond donors (Lipinski definition) is 0. The van der Waals surface area contributed by atoms with E-state index in [9.17, 15) is 0 Å². The number of hydrogen-bond acceptors (Lipinski definition) is 2. The Bertz CT molecular complexity index is 80.8. The molecule has 0 heterocycles. The van der Waals surface area contributed by atoms with E-state index in [2.05, 4.69) is 0 Å². The van der Waals surface area contributed by atoms with Gasteiger partial charge in [-0.05, 0) is 6.92 Å². The van der Waals surface area contributed by atoms with Gasteiger partial charge in [0.25, 0.3) is 0 Å². The van der Waals surface area contributed by atoms with Crippen molar-refractivity contribution in [2.45, 2.75) is 13.0 Å². The third-order valence-corrected chi connectivity index (χ3v) is 1.36. The smallest absolute Gasteiger partial charge is 0.0781 e. The Morgan fingerprint density at radius 2 is 1.82 bits per heavy atom. The molecule has 0 N–H and O–H groups in total. The Labute approximate surface area is 77.8 Å². The van der Waals surface area contributed by atoms with Gasteiger partial charge in [0.15, 0.2) is 0 Å². The largest absolute Gasteiger partial charge is 0.378 e. The van der Waals surface area contributed by atoms with Crippen LogP contribution in [0.1, 0.15) is 6.92 Å². The van der Waals surface area contributed by atoms with Crippen molar-refractivity contribution in [2.75, 3.05) is 31.6 Å². The van der Waals surface area contributed by atoms with Crippen LogP contribution in [0.5, 0.6) is 0 Å². The van der Waals surface area contributed by atoms with E-state index in [0.717, 1.165) is 0 Å². The Kier molecular flexibility index (Phi) is 8.99. The zero-order valence-electron chi connectivity index (χ0n) is 6.69. The van der Waals surface area contributed by atoms with E-state index in [1.807, 2.05) is 6.92 Å². The highest BCUT2D eigenvalue weighted by Gasteiger charge is 2.00. The molecule has 4 heteroatoms. The molecule has 0 aliphatic heterocycles. The topological polar surface area (TPSA) is 18.5 Å². The summed E-state index contributed by atoms with van der Waals surface area (Å²) in [6.07, 6.45) is 0.108. The van der Waals surface area contributed by atoms with E-state index in [1.165, 1.54) is 0 Å². The summed E-state index contributed by atoms with van der Waals surface area (Å²) >= 11 is 10.8. The highest BCUT2D eigenvalue weighted by molar-refractivity contribution is 6.18. The number of ether oxygens (including phenoxy) is 2. The molecule has 0 saturated heterocycles. The zero-order valence-corrected chi connectivity index (χ0v) is 8.20. The molecule has 0 bridgehead atoms. The summed E-state index contributed by atoms with van der Waals surface area (Å²) in [6.45, 7) is 3.69. The molecule has 0 aromatic carbocycles. The van der Waals surface area contributed by atoms with Gasteiger partial charge in [0.05, 0.1) is 25.9 Å². The van der Waals surface area contributed by atoms with Crippen molar-refractivity contribution in [1.82, 2.24) is 0 Å². The average molecular weight is 201 g/mol. The van der Waals surface area contributed by atoms with Gasteiger partial charge in [-0.1, -0.05) is 0 Å². The number of alkyl halides is 2. The molecule has 0 aliphatic rings. The van der Waals surface area contributed by atoms with E-state index in [-0.39, 0.29) is 6.10 Å². The van der Waals surface area contributed by atoms with Gasteiger partial charge in [-0.25, -0.2) is 0 Å². The minimum absolute atomic E-state index is 0.108. The van der Waals surface area contributed by atoms with Crippen LogP contribution in [-0.2, 0) is 9.47 Å². The minimum Gasteiger partial charge on any atom is -0.378 e. The summed E-state index contributed by atoms with van der Waals surface area (Å²) in [7, 11) is 0. The van der Waals surface area contributed by atoms with Gasteiger partial charge >= 0.3 is 0 Å². The van der Waals surface area contributed by atoms with E-state index in [4.69, 9.17) is 32.7 Å². The fraction of sp³-hybridized carbons (Fsp3) is 1.00. The lowest BCUT2D eigenvalue weighted by Gasteiger charge is -2.11. The maximum absolute atomic E-state index is 5.42. The maximum atomic E-state index is 5.42. The highest BCUT2D eigenvalue weighted by Crippen LogP contribution is 1.92. The van der Waals surface area contributed by atoms with Gasteiger partial charge in [-0.3, -0.25) is 0 Å². The molecule has 0 radical (unpaired) electrons. The standard InChI is InChI=1S/C7H14Cl2O2/c1-7(11-5-3-9)6-10-4-2-8/h7H,2-6H2,1H3. The van der Waals surface area contributed by atoms with Crippen LogP contribution in [0.2, 0.25) is 0 Å². The second-order valence-electron chi connectivity index (χ2n) is 2.13. The van der Waals surface area contributed by atoms with E-state index < -0.39 is 0 Å². The Hall–Kier alpha value is 0.500. The fourth-order valence-electron chi connectivity index (χ4n) is 0.598. The van der Waals surface area contributed by atoms with E-state index in [1.54, 1.807) is 0 Å². The Morgan fingerprint density at radius 3 is 2.36 bits per heavy atom. The summed E-state index contributed by atoms with van der Waals surface area (Å²) in [6, 6.07) is 0. The minimum atomic E-state index is 0.108. The monoisotopic (exact) mass is 200 g/mol. The van der Waals surface area contributed by atoms with Crippen LogP contribution in [0.3, 0.4) is 0 Å². The zero-order chi connectivity index (χ0) is 8.53. The fourth-order valence-corrected chi connectivity index (χ4v) is 0.796. The number of halogens is 2. The molecule has 11 heavy (non-hydrogen) atoms. The van der Waals surface area contributed by atoms with Crippen molar-refractivity contribution >= 4 is 23.2 Å². The summed E-state index contributed by atoms with van der Waals surface area (Å²) < 4.78 is 10.4. The quantitative estimate of drug-likeness (QED) is 0.462. The lowest BCUT2D eigenvalue weighted by atomic mass is 10.4. The lowest BCUT2D eigenvalue weighted by Crippen LogP contribution is -2.17. The van der Waals surface area contributed by atoms with Gasteiger partial charge in [0.1, 0.15) is 0 Å². The van der Waals surface area contributed by atoms with Gasteiger partial charge in [-0.15, -0.1) is 23.2 Å². The van der Waals surface area contributed by atoms with Crippen LogP contribution in [-0.4, -0.2) is 37.7 Å². The van der Waals surface area contributed by atoms with Crippen LogP contribution in [0.25, 0.3) is 0 Å². The van der Waals surface area contributed by atoms with Crippen LogP contribution >= 0.6 is 23.2 Å². The first-order chi connectivity index (χ1) is 5.31. The molecule has 0 aromatic rings. The molecule has 0 amide bonds. The molecule has 1 atom stereocenters. The van der Waals surface area contributed by atoms with Crippen LogP contribution in [0, 0.1) is 0 Å². The van der Waals surface area contributed by atoms with Gasteiger partial charge in [0.2, 0.25) is 0 Å². The molecule has 0 aliphatic carbocycles. The average Bonchev–Trinajstić information content (AvgIpc) is 2.01. The van der Waals surface area contributed by atoms with Crippen molar-refractivity contribution < 1.29 is 9.47 Å². The van der Waals surface area contributed by atoms with Crippen molar-refractivity contribution in [2.24, 2.45) is 0 Å². The Balaban J connectivity index is 3.02. The van der Waals surface area contributed by atoms with Gasteiger partial charge < -0.3 is 9.47 Å². The molecule has 68 valence electrons. The molecular weight excluding hydrogens is 187 g/mol. The van der Waals surface area contributed by atoms with Gasteiger partial charge in [-0.2, -0.15) is 0 Å². The summed E-state index contributed by atoms with van der Waals surface area (Å²) in [5.41, 5.74) is 0. The van der Waals surface area contributed by atoms with Crippen molar-refractivity contribution in [3.05, 3.63) is 0 Å². The predicted molar refractivity (Wildman–Crippen MR) is 47.7 cm³/mol. The second-order valence-corrected chi connectivity index (χ2v) is 2.89. The first-order valence-electron chi connectivity index (χ1n) is 3.62. The highest BCUT2D eigenvalue weighted by atomic mass is 35.5. The molecule has 1 unspecified atom stereocenters.